The lowest BCUT2D eigenvalue weighted by molar-refractivity contribution is 0.814. The number of nitrogens with zero attached hydrogens (tertiary/aromatic N) is 2. The Morgan fingerprint density at radius 3 is 2.47 bits per heavy atom. The normalized spacial score (nSPS) is 10.5. The van der Waals surface area contributed by atoms with E-state index in [0.29, 0.717) is 6.54 Å². The van der Waals surface area contributed by atoms with Gasteiger partial charge in [0.2, 0.25) is 0 Å². The van der Waals surface area contributed by atoms with Crippen molar-refractivity contribution in [3.8, 4) is 0 Å². The van der Waals surface area contributed by atoms with Crippen molar-refractivity contribution >= 4 is 11.4 Å². The fraction of sp³-hybridized carbons (Fsp3) is 0.312. The van der Waals surface area contributed by atoms with Crippen molar-refractivity contribution in [1.29, 1.82) is 0 Å². The van der Waals surface area contributed by atoms with Gasteiger partial charge in [0.25, 0.3) is 0 Å². The Bertz CT molecular complexity index is 492. The Hall–Kier alpha value is -1.87. The fourth-order valence-corrected chi connectivity index (χ4v) is 2.26. The molecule has 0 aliphatic heterocycles. The van der Waals surface area contributed by atoms with Crippen molar-refractivity contribution in [2.24, 2.45) is 5.73 Å². The van der Waals surface area contributed by atoms with Gasteiger partial charge >= 0.3 is 0 Å². The highest BCUT2D eigenvalue weighted by atomic mass is 15.1. The van der Waals surface area contributed by atoms with Crippen LogP contribution in [0.4, 0.5) is 11.4 Å². The van der Waals surface area contributed by atoms with Crippen molar-refractivity contribution in [1.82, 2.24) is 4.98 Å². The molecule has 0 bridgehead atoms. The lowest BCUT2D eigenvalue weighted by atomic mass is 10.1. The number of aryl methyl sites for hydroxylation is 2. The van der Waals surface area contributed by atoms with Crippen molar-refractivity contribution in [3.05, 3.63) is 53.9 Å². The first-order valence-corrected chi connectivity index (χ1v) is 6.68. The van der Waals surface area contributed by atoms with E-state index in [1.807, 2.05) is 12.4 Å². The molecule has 2 rings (SSSR count). The highest BCUT2D eigenvalue weighted by molar-refractivity contribution is 5.68. The van der Waals surface area contributed by atoms with Gasteiger partial charge in [-0.15, -0.1) is 0 Å². The van der Waals surface area contributed by atoms with Gasteiger partial charge in [-0.3, -0.25) is 4.98 Å². The maximum absolute atomic E-state index is 5.67. The second kappa shape index (κ2) is 6.34. The molecule has 2 aromatic rings. The third-order valence-electron chi connectivity index (χ3n) is 3.27. The lowest BCUT2D eigenvalue weighted by Crippen LogP contribution is -2.22. The number of pyridine rings is 1. The van der Waals surface area contributed by atoms with Crippen molar-refractivity contribution < 1.29 is 0 Å². The molecule has 1 aromatic carbocycles. The maximum Gasteiger partial charge on any atom is 0.0471 e. The number of benzene rings is 1. The van der Waals surface area contributed by atoms with Crippen LogP contribution in [0.5, 0.6) is 0 Å². The predicted molar refractivity (Wildman–Crippen MR) is 80.8 cm³/mol. The lowest BCUT2D eigenvalue weighted by Gasteiger charge is -2.27. The number of aromatic nitrogens is 1. The third-order valence-corrected chi connectivity index (χ3v) is 3.27. The fourth-order valence-electron chi connectivity index (χ4n) is 2.26. The number of hydrogen-bond donors (Lipinski definition) is 1. The Balaban J connectivity index is 2.42. The molecule has 19 heavy (non-hydrogen) atoms. The Kier molecular flexibility index (Phi) is 4.53. The van der Waals surface area contributed by atoms with Gasteiger partial charge in [-0.2, -0.15) is 0 Å². The summed E-state index contributed by atoms with van der Waals surface area (Å²) in [6, 6.07) is 10.5. The molecule has 1 aromatic heterocycles. The molecule has 0 amide bonds. The van der Waals surface area contributed by atoms with E-state index >= 15 is 0 Å². The minimum Gasteiger partial charge on any atom is -0.341 e. The molecule has 0 saturated heterocycles. The second-order valence-corrected chi connectivity index (χ2v) is 4.74. The Labute approximate surface area is 115 Å². The first-order valence-electron chi connectivity index (χ1n) is 6.68. The van der Waals surface area contributed by atoms with Gasteiger partial charge in [0.1, 0.15) is 0 Å². The zero-order valence-electron chi connectivity index (χ0n) is 11.6. The van der Waals surface area contributed by atoms with Crippen LogP contribution in [0.25, 0.3) is 0 Å². The Morgan fingerprint density at radius 2 is 1.79 bits per heavy atom. The van der Waals surface area contributed by atoms with Crippen LogP contribution in [-0.2, 0) is 0 Å². The van der Waals surface area contributed by atoms with Crippen molar-refractivity contribution in [2.45, 2.75) is 20.3 Å². The summed E-state index contributed by atoms with van der Waals surface area (Å²) < 4.78 is 0. The predicted octanol–water partition coefficient (Wildman–Crippen LogP) is 3.19. The first kappa shape index (κ1) is 13.6. The average molecular weight is 255 g/mol. The van der Waals surface area contributed by atoms with E-state index in [-0.39, 0.29) is 0 Å². The van der Waals surface area contributed by atoms with E-state index in [1.165, 1.54) is 22.5 Å². The van der Waals surface area contributed by atoms with E-state index in [4.69, 9.17) is 5.73 Å². The number of hydrogen-bond acceptors (Lipinski definition) is 3. The minimum atomic E-state index is 0.701. The largest absolute Gasteiger partial charge is 0.341 e. The van der Waals surface area contributed by atoms with Crippen LogP contribution < -0.4 is 10.6 Å². The number of nitrogens with two attached hydrogens (primary N) is 1. The molecule has 1 heterocycles. The highest BCUT2D eigenvalue weighted by Crippen LogP contribution is 2.30. The summed E-state index contributed by atoms with van der Waals surface area (Å²) in [6.45, 7) is 5.86. The van der Waals surface area contributed by atoms with Crippen LogP contribution in [0, 0.1) is 13.8 Å². The molecule has 0 unspecified atom stereocenters. The summed E-state index contributed by atoms with van der Waals surface area (Å²) in [6.07, 6.45) is 4.72. The van der Waals surface area contributed by atoms with Crippen molar-refractivity contribution in [3.63, 3.8) is 0 Å². The van der Waals surface area contributed by atoms with Gasteiger partial charge in [0.15, 0.2) is 0 Å². The summed E-state index contributed by atoms with van der Waals surface area (Å²) in [5.74, 6) is 0. The van der Waals surface area contributed by atoms with Crippen LogP contribution >= 0.6 is 0 Å². The molecule has 0 aliphatic carbocycles. The molecule has 3 nitrogen and oxygen atoms in total. The SMILES string of the molecule is Cc1ccccc1N(CCCN)c1ccncc1C. The summed E-state index contributed by atoms with van der Waals surface area (Å²) in [5.41, 5.74) is 10.6. The van der Waals surface area contributed by atoms with E-state index in [2.05, 4.69) is 54.1 Å². The van der Waals surface area contributed by atoms with Crippen LogP contribution in [0.3, 0.4) is 0 Å². The van der Waals surface area contributed by atoms with E-state index in [1.54, 1.807) is 0 Å². The van der Waals surface area contributed by atoms with E-state index in [9.17, 15) is 0 Å². The highest BCUT2D eigenvalue weighted by Gasteiger charge is 2.12. The molecule has 0 radical (unpaired) electrons. The third kappa shape index (κ3) is 3.12. The zero-order valence-corrected chi connectivity index (χ0v) is 11.6. The number of para-hydroxylation sites is 1. The van der Waals surface area contributed by atoms with Crippen LogP contribution in [0.1, 0.15) is 17.5 Å². The van der Waals surface area contributed by atoms with Crippen LogP contribution in [0.15, 0.2) is 42.7 Å². The molecule has 2 N–H and O–H groups in total. The topological polar surface area (TPSA) is 42.1 Å². The summed E-state index contributed by atoms with van der Waals surface area (Å²) in [4.78, 5) is 6.50. The molecule has 3 heteroatoms. The molecule has 100 valence electrons. The summed E-state index contributed by atoms with van der Waals surface area (Å²) in [5, 5.41) is 0. The van der Waals surface area contributed by atoms with Gasteiger partial charge in [-0.1, -0.05) is 18.2 Å². The number of anilines is 2. The monoisotopic (exact) mass is 255 g/mol. The zero-order chi connectivity index (χ0) is 13.7. The van der Waals surface area contributed by atoms with E-state index in [0.717, 1.165) is 13.0 Å². The molecule has 0 aliphatic rings. The van der Waals surface area contributed by atoms with Gasteiger partial charge in [-0.25, -0.2) is 0 Å². The van der Waals surface area contributed by atoms with E-state index < -0.39 is 0 Å². The van der Waals surface area contributed by atoms with Gasteiger partial charge in [0.05, 0.1) is 0 Å². The van der Waals surface area contributed by atoms with Gasteiger partial charge < -0.3 is 10.6 Å². The minimum absolute atomic E-state index is 0.701. The van der Waals surface area contributed by atoms with Crippen LogP contribution in [-0.4, -0.2) is 18.1 Å². The van der Waals surface area contributed by atoms with Gasteiger partial charge in [-0.05, 0) is 50.1 Å². The summed E-state index contributed by atoms with van der Waals surface area (Å²) >= 11 is 0. The Morgan fingerprint density at radius 1 is 1.05 bits per heavy atom. The standard InChI is InChI=1S/C16H21N3/c1-13-6-3-4-7-15(13)19(11-5-9-17)16-8-10-18-12-14(16)2/h3-4,6-8,10,12H,5,9,11,17H2,1-2H3. The van der Waals surface area contributed by atoms with Gasteiger partial charge in [0, 0.05) is 30.3 Å². The van der Waals surface area contributed by atoms with Crippen LogP contribution in [0.2, 0.25) is 0 Å². The smallest absolute Gasteiger partial charge is 0.0471 e. The average Bonchev–Trinajstić information content (AvgIpc) is 2.42. The molecule has 0 atom stereocenters. The molecule has 0 saturated carbocycles. The first-order chi connectivity index (χ1) is 9.24. The maximum atomic E-state index is 5.67. The molecular weight excluding hydrogens is 234 g/mol. The molecule has 0 spiro atoms. The second-order valence-electron chi connectivity index (χ2n) is 4.74. The number of rotatable bonds is 5. The molecule has 0 fully saturated rings. The molecular formula is C16H21N3. The van der Waals surface area contributed by atoms with Crippen molar-refractivity contribution in [2.75, 3.05) is 18.0 Å². The quantitative estimate of drug-likeness (QED) is 0.892. The summed E-state index contributed by atoms with van der Waals surface area (Å²) in [7, 11) is 0.